The molecule has 11 heteroatoms. The van der Waals surface area contributed by atoms with Crippen molar-refractivity contribution in [3.8, 4) is 17.1 Å². The zero-order chi connectivity index (χ0) is 24.8. The van der Waals surface area contributed by atoms with Crippen LogP contribution in [0.15, 0.2) is 53.7 Å². The molecular formula is C24H29N9OS. The number of para-hydroxylation sites is 2. The highest BCUT2D eigenvalue weighted by Crippen LogP contribution is 2.28. The Labute approximate surface area is 209 Å². The molecule has 0 saturated heterocycles. The quantitative estimate of drug-likeness (QED) is 0.313. The van der Waals surface area contributed by atoms with Crippen molar-refractivity contribution in [2.45, 2.75) is 24.8 Å². The second-order valence-corrected chi connectivity index (χ2v) is 8.57. The third-order valence-electron chi connectivity index (χ3n) is 5.47. The van der Waals surface area contributed by atoms with Crippen molar-refractivity contribution in [3.63, 3.8) is 0 Å². The van der Waals surface area contributed by atoms with Gasteiger partial charge in [0.2, 0.25) is 11.9 Å². The summed E-state index contributed by atoms with van der Waals surface area (Å²) in [5.41, 5.74) is 8.88. The first-order valence-electron chi connectivity index (χ1n) is 11.3. The van der Waals surface area contributed by atoms with Crippen molar-refractivity contribution in [3.05, 3.63) is 54.4 Å². The van der Waals surface area contributed by atoms with Gasteiger partial charge in [-0.2, -0.15) is 15.0 Å². The van der Waals surface area contributed by atoms with Crippen LogP contribution in [0.4, 0.5) is 23.3 Å². The van der Waals surface area contributed by atoms with E-state index < -0.39 is 0 Å². The Kier molecular flexibility index (Phi) is 7.66. The van der Waals surface area contributed by atoms with Gasteiger partial charge in [-0.3, -0.25) is 0 Å². The van der Waals surface area contributed by atoms with E-state index in [1.54, 1.807) is 7.11 Å². The smallest absolute Gasteiger partial charge is 0.232 e. The van der Waals surface area contributed by atoms with Gasteiger partial charge in [-0.25, -0.2) is 0 Å². The normalized spacial score (nSPS) is 10.9. The molecule has 2 aromatic heterocycles. The first kappa shape index (κ1) is 24.3. The number of hydrogen-bond acceptors (Lipinski definition) is 10. The molecule has 4 rings (SSSR count). The molecule has 35 heavy (non-hydrogen) atoms. The Morgan fingerprint density at radius 3 is 2.46 bits per heavy atom. The van der Waals surface area contributed by atoms with Crippen LogP contribution in [0.1, 0.15) is 19.7 Å². The van der Waals surface area contributed by atoms with Gasteiger partial charge < -0.3 is 25.3 Å². The lowest BCUT2D eigenvalue weighted by Crippen LogP contribution is -2.21. The van der Waals surface area contributed by atoms with Crippen molar-refractivity contribution < 1.29 is 4.74 Å². The lowest BCUT2D eigenvalue weighted by molar-refractivity contribution is 0.417. The molecular weight excluding hydrogens is 462 g/mol. The summed E-state index contributed by atoms with van der Waals surface area (Å²) >= 11 is 1.48. The largest absolute Gasteiger partial charge is 0.495 e. The third-order valence-corrected chi connectivity index (χ3v) is 6.49. The molecule has 0 saturated carbocycles. The molecule has 3 N–H and O–H groups in total. The first-order valence-corrected chi connectivity index (χ1v) is 12.3. The lowest BCUT2D eigenvalue weighted by atomic mass is 10.2. The fourth-order valence-corrected chi connectivity index (χ4v) is 4.42. The van der Waals surface area contributed by atoms with E-state index in [0.29, 0.717) is 23.3 Å². The fourth-order valence-electron chi connectivity index (χ4n) is 3.66. The number of ether oxygens (including phenoxy) is 1. The fraction of sp³-hybridized carbons (Fsp3) is 0.292. The molecule has 0 radical (unpaired) electrons. The molecule has 0 bridgehead atoms. The number of anilines is 4. The van der Waals surface area contributed by atoms with E-state index in [1.807, 2.05) is 35.9 Å². The summed E-state index contributed by atoms with van der Waals surface area (Å²) in [6, 6.07) is 15.9. The highest BCUT2D eigenvalue weighted by Gasteiger charge is 2.14. The Hall–Kier alpha value is -3.86. The number of thioether (sulfide) groups is 1. The van der Waals surface area contributed by atoms with E-state index in [-0.39, 0.29) is 5.95 Å². The second-order valence-electron chi connectivity index (χ2n) is 7.63. The molecule has 0 unspecified atom stereocenters. The molecule has 182 valence electrons. The minimum Gasteiger partial charge on any atom is -0.495 e. The highest BCUT2D eigenvalue weighted by molar-refractivity contribution is 7.98. The SMILES string of the molecule is CCN(CC)c1ccc(-c2nnc(SCc3nc(N)nc(Nc4ccccc4OC)n3)n2C)cc1. The Bertz CT molecular complexity index is 1270. The van der Waals surface area contributed by atoms with Gasteiger partial charge in [-0.15, -0.1) is 10.2 Å². The van der Waals surface area contributed by atoms with E-state index in [1.165, 1.54) is 17.4 Å². The first-order chi connectivity index (χ1) is 17.0. The Morgan fingerprint density at radius 2 is 1.74 bits per heavy atom. The minimum atomic E-state index is 0.139. The molecule has 2 heterocycles. The van der Waals surface area contributed by atoms with Crippen molar-refractivity contribution >= 4 is 35.0 Å². The van der Waals surface area contributed by atoms with E-state index >= 15 is 0 Å². The van der Waals surface area contributed by atoms with Gasteiger partial charge >= 0.3 is 0 Å². The van der Waals surface area contributed by atoms with E-state index in [2.05, 4.69) is 73.5 Å². The summed E-state index contributed by atoms with van der Waals surface area (Å²) in [4.78, 5) is 15.3. The molecule has 0 amide bonds. The highest BCUT2D eigenvalue weighted by atomic mass is 32.2. The average molecular weight is 492 g/mol. The van der Waals surface area contributed by atoms with Gasteiger partial charge in [-0.05, 0) is 50.2 Å². The predicted octanol–water partition coefficient (Wildman–Crippen LogP) is 4.14. The maximum atomic E-state index is 5.94. The number of rotatable bonds is 10. The van der Waals surface area contributed by atoms with Crippen molar-refractivity contribution in [2.75, 3.05) is 36.1 Å². The van der Waals surface area contributed by atoms with Gasteiger partial charge in [0, 0.05) is 31.4 Å². The molecule has 2 aromatic carbocycles. The maximum absolute atomic E-state index is 5.94. The van der Waals surface area contributed by atoms with Crippen LogP contribution in [0.25, 0.3) is 11.4 Å². The molecule has 0 aliphatic carbocycles. The topological polar surface area (TPSA) is 120 Å². The zero-order valence-electron chi connectivity index (χ0n) is 20.3. The van der Waals surface area contributed by atoms with Gasteiger partial charge in [0.1, 0.15) is 11.6 Å². The van der Waals surface area contributed by atoms with Crippen LogP contribution in [0.5, 0.6) is 5.75 Å². The van der Waals surface area contributed by atoms with Crippen LogP contribution in [-0.2, 0) is 12.8 Å². The number of nitrogens with zero attached hydrogens (tertiary/aromatic N) is 7. The van der Waals surface area contributed by atoms with Crippen LogP contribution >= 0.6 is 11.8 Å². The summed E-state index contributed by atoms with van der Waals surface area (Å²) < 4.78 is 7.34. The van der Waals surface area contributed by atoms with E-state index in [0.717, 1.165) is 35.3 Å². The minimum absolute atomic E-state index is 0.139. The average Bonchev–Trinajstić information content (AvgIpc) is 3.24. The summed E-state index contributed by atoms with van der Waals surface area (Å²) in [7, 11) is 3.56. The van der Waals surface area contributed by atoms with Crippen molar-refractivity contribution in [1.29, 1.82) is 0 Å². The molecule has 0 aliphatic rings. The van der Waals surface area contributed by atoms with Gasteiger partial charge in [0.15, 0.2) is 11.0 Å². The standard InChI is InChI=1S/C24H29N9OS/c1-5-33(6-2)17-13-11-16(12-14-17)21-30-31-24(32(21)3)35-15-20-27-22(25)29-23(28-20)26-18-9-7-8-10-19(18)34-4/h7-14H,5-6,15H2,1-4H3,(H3,25,26,27,28,29). The summed E-state index contributed by atoms with van der Waals surface area (Å²) in [5.74, 6) is 2.96. The van der Waals surface area contributed by atoms with E-state index in [4.69, 9.17) is 10.5 Å². The van der Waals surface area contributed by atoms with Gasteiger partial charge in [0.05, 0.1) is 18.6 Å². The number of nitrogens with two attached hydrogens (primary N) is 1. The maximum Gasteiger partial charge on any atom is 0.232 e. The summed E-state index contributed by atoms with van der Waals surface area (Å²) in [6.45, 7) is 6.25. The van der Waals surface area contributed by atoms with Gasteiger partial charge in [-0.1, -0.05) is 23.9 Å². The Balaban J connectivity index is 1.47. The van der Waals surface area contributed by atoms with Gasteiger partial charge in [0.25, 0.3) is 0 Å². The second kappa shape index (κ2) is 11.0. The molecule has 4 aromatic rings. The predicted molar refractivity (Wildman–Crippen MR) is 140 cm³/mol. The lowest BCUT2D eigenvalue weighted by Gasteiger charge is -2.21. The molecule has 10 nitrogen and oxygen atoms in total. The number of methoxy groups -OCH3 is 1. The van der Waals surface area contributed by atoms with Crippen LogP contribution < -0.4 is 20.7 Å². The number of aromatic nitrogens is 6. The van der Waals surface area contributed by atoms with Crippen LogP contribution in [0.3, 0.4) is 0 Å². The van der Waals surface area contributed by atoms with Crippen molar-refractivity contribution in [1.82, 2.24) is 29.7 Å². The van der Waals surface area contributed by atoms with Crippen molar-refractivity contribution in [2.24, 2.45) is 7.05 Å². The molecule has 0 atom stereocenters. The van der Waals surface area contributed by atoms with E-state index in [9.17, 15) is 0 Å². The van der Waals surface area contributed by atoms with Crippen LogP contribution in [0.2, 0.25) is 0 Å². The van der Waals surface area contributed by atoms with Crippen LogP contribution in [0, 0.1) is 0 Å². The monoisotopic (exact) mass is 491 g/mol. The number of hydrogen-bond donors (Lipinski definition) is 2. The zero-order valence-corrected chi connectivity index (χ0v) is 21.1. The molecule has 0 fully saturated rings. The third kappa shape index (κ3) is 5.62. The number of nitrogens with one attached hydrogen (secondary N) is 1. The summed E-state index contributed by atoms with van der Waals surface area (Å²) in [6.07, 6.45) is 0. The number of nitrogen functional groups attached to an aromatic ring is 1. The molecule has 0 aliphatic heterocycles. The van der Waals surface area contributed by atoms with Crippen LogP contribution in [-0.4, -0.2) is 49.9 Å². The Morgan fingerprint density at radius 1 is 1.00 bits per heavy atom. The summed E-state index contributed by atoms with van der Waals surface area (Å²) in [5, 5.41) is 12.7. The molecule has 0 spiro atoms. The number of benzene rings is 2.